The predicted molar refractivity (Wildman–Crippen MR) is 106 cm³/mol. The van der Waals surface area contributed by atoms with Gasteiger partial charge in [-0.15, -0.1) is 0 Å². The van der Waals surface area contributed by atoms with E-state index < -0.39 is 0 Å². The molecule has 27 heavy (non-hydrogen) atoms. The summed E-state index contributed by atoms with van der Waals surface area (Å²) < 4.78 is 5.30. The Labute approximate surface area is 167 Å². The van der Waals surface area contributed by atoms with Crippen molar-refractivity contribution >= 4 is 29.1 Å². The summed E-state index contributed by atoms with van der Waals surface area (Å²) in [5.41, 5.74) is 2.87. The number of halogens is 2. The first kappa shape index (κ1) is 19.4. The molecule has 0 spiro atoms. The molecule has 140 valence electrons. The fourth-order valence-electron chi connectivity index (χ4n) is 2.70. The van der Waals surface area contributed by atoms with Crippen molar-refractivity contribution in [2.24, 2.45) is 0 Å². The number of aryl methyl sites for hydroxylation is 2. The van der Waals surface area contributed by atoms with Gasteiger partial charge in [-0.3, -0.25) is 4.79 Å². The summed E-state index contributed by atoms with van der Waals surface area (Å²) in [5, 5.41) is 5.16. The molecular weight excluding hydrogens is 385 g/mol. The first-order chi connectivity index (χ1) is 12.9. The number of carbonyl (C=O) groups is 1. The normalized spacial score (nSPS) is 10.8. The molecule has 0 unspecified atom stereocenters. The van der Waals surface area contributed by atoms with Gasteiger partial charge in [0.2, 0.25) is 17.6 Å². The van der Waals surface area contributed by atoms with Crippen molar-refractivity contribution in [2.75, 3.05) is 7.05 Å². The van der Waals surface area contributed by atoms with Gasteiger partial charge in [-0.2, -0.15) is 4.98 Å². The highest BCUT2D eigenvalue weighted by Gasteiger charge is 2.16. The van der Waals surface area contributed by atoms with Gasteiger partial charge in [-0.25, -0.2) is 0 Å². The lowest BCUT2D eigenvalue weighted by atomic mass is 10.1. The number of aromatic nitrogens is 2. The van der Waals surface area contributed by atoms with Gasteiger partial charge < -0.3 is 9.42 Å². The number of hydrogen-bond donors (Lipinski definition) is 0. The topological polar surface area (TPSA) is 59.2 Å². The molecule has 5 nitrogen and oxygen atoms in total. The van der Waals surface area contributed by atoms with Gasteiger partial charge in [0.25, 0.3) is 0 Å². The molecule has 7 heteroatoms. The Morgan fingerprint density at radius 2 is 1.96 bits per heavy atom. The van der Waals surface area contributed by atoms with E-state index in [1.165, 1.54) is 0 Å². The van der Waals surface area contributed by atoms with E-state index in [9.17, 15) is 4.79 Å². The van der Waals surface area contributed by atoms with Gasteiger partial charge in [0.1, 0.15) is 0 Å². The lowest BCUT2D eigenvalue weighted by Gasteiger charge is -2.15. The van der Waals surface area contributed by atoms with E-state index in [2.05, 4.69) is 10.1 Å². The average molecular weight is 404 g/mol. The van der Waals surface area contributed by atoms with Crippen LogP contribution in [0.1, 0.15) is 23.4 Å². The molecule has 3 rings (SSSR count). The molecule has 0 fully saturated rings. The van der Waals surface area contributed by atoms with Crippen LogP contribution in [0.4, 0.5) is 0 Å². The molecule has 1 amide bonds. The number of nitrogens with zero attached hydrogens (tertiary/aromatic N) is 3. The van der Waals surface area contributed by atoms with Crippen molar-refractivity contribution in [1.29, 1.82) is 0 Å². The maximum atomic E-state index is 12.4. The molecule has 0 aliphatic rings. The molecule has 0 N–H and O–H groups in total. The second-order valence-electron chi connectivity index (χ2n) is 6.31. The molecule has 0 atom stereocenters. The molecule has 0 aliphatic heterocycles. The van der Waals surface area contributed by atoms with E-state index in [0.717, 1.165) is 16.7 Å². The molecule has 0 saturated heterocycles. The number of hydrogen-bond acceptors (Lipinski definition) is 4. The fraction of sp³-hybridized carbons (Fsp3) is 0.250. The van der Waals surface area contributed by atoms with Crippen LogP contribution in [-0.2, 0) is 17.8 Å². The van der Waals surface area contributed by atoms with E-state index in [0.29, 0.717) is 34.6 Å². The van der Waals surface area contributed by atoms with Gasteiger partial charge in [0, 0.05) is 29.1 Å². The summed E-state index contributed by atoms with van der Waals surface area (Å²) in [7, 11) is 1.71. The third kappa shape index (κ3) is 4.87. The SMILES string of the molecule is Cc1ccccc1-c1noc(CN(C)C(=O)CCc2ccc(Cl)cc2Cl)n1. The standard InChI is InChI=1S/C20H19Cl2N3O2/c1-13-5-3-4-6-16(13)20-23-18(27-24-20)12-25(2)19(26)10-8-14-7-9-15(21)11-17(14)22/h3-7,9,11H,8,10,12H2,1-2H3. The number of carbonyl (C=O) groups excluding carboxylic acids is 1. The van der Waals surface area contributed by atoms with Gasteiger partial charge in [0.15, 0.2) is 0 Å². The van der Waals surface area contributed by atoms with Gasteiger partial charge in [-0.05, 0) is 36.6 Å². The summed E-state index contributed by atoms with van der Waals surface area (Å²) in [6, 6.07) is 13.1. The number of rotatable bonds is 6. The Hall–Kier alpha value is -2.37. The average Bonchev–Trinajstić information content (AvgIpc) is 3.09. The summed E-state index contributed by atoms with van der Waals surface area (Å²) in [6.45, 7) is 2.25. The van der Waals surface area contributed by atoms with Gasteiger partial charge in [0.05, 0.1) is 6.54 Å². The molecule has 3 aromatic rings. The fourth-order valence-corrected chi connectivity index (χ4v) is 3.20. The quantitative estimate of drug-likeness (QED) is 0.584. The summed E-state index contributed by atoms with van der Waals surface area (Å²) in [5.74, 6) is 0.891. The minimum atomic E-state index is -0.0309. The Morgan fingerprint density at radius 3 is 2.70 bits per heavy atom. The molecule has 0 aliphatic carbocycles. The smallest absolute Gasteiger partial charge is 0.246 e. The zero-order chi connectivity index (χ0) is 19.4. The highest BCUT2D eigenvalue weighted by molar-refractivity contribution is 6.35. The first-order valence-electron chi connectivity index (χ1n) is 8.50. The minimum absolute atomic E-state index is 0.0309. The highest BCUT2D eigenvalue weighted by Crippen LogP contribution is 2.23. The monoisotopic (exact) mass is 403 g/mol. The second kappa shape index (κ2) is 8.55. The van der Waals surface area contributed by atoms with Crippen LogP contribution in [-0.4, -0.2) is 28.0 Å². The summed E-state index contributed by atoms with van der Waals surface area (Å²) in [4.78, 5) is 18.4. The van der Waals surface area contributed by atoms with Crippen LogP contribution in [0.2, 0.25) is 10.0 Å². The van der Waals surface area contributed by atoms with E-state index in [1.807, 2.05) is 37.3 Å². The Kier molecular flexibility index (Phi) is 6.14. The van der Waals surface area contributed by atoms with E-state index in [4.69, 9.17) is 27.7 Å². The number of benzene rings is 2. The van der Waals surface area contributed by atoms with Crippen molar-refractivity contribution in [3.63, 3.8) is 0 Å². The van der Waals surface area contributed by atoms with Crippen LogP contribution in [0.3, 0.4) is 0 Å². The zero-order valence-electron chi connectivity index (χ0n) is 15.1. The zero-order valence-corrected chi connectivity index (χ0v) is 16.6. The largest absolute Gasteiger partial charge is 0.337 e. The Morgan fingerprint density at radius 1 is 1.19 bits per heavy atom. The van der Waals surface area contributed by atoms with Crippen molar-refractivity contribution < 1.29 is 9.32 Å². The Balaban J connectivity index is 1.59. The van der Waals surface area contributed by atoms with Crippen molar-refractivity contribution in [2.45, 2.75) is 26.3 Å². The van der Waals surface area contributed by atoms with Crippen LogP contribution >= 0.6 is 23.2 Å². The van der Waals surface area contributed by atoms with Crippen molar-refractivity contribution in [3.8, 4) is 11.4 Å². The Bertz CT molecular complexity index is 956. The summed E-state index contributed by atoms with van der Waals surface area (Å²) >= 11 is 12.0. The minimum Gasteiger partial charge on any atom is -0.337 e. The van der Waals surface area contributed by atoms with Crippen LogP contribution in [0.15, 0.2) is 47.0 Å². The molecule has 0 bridgehead atoms. The first-order valence-corrected chi connectivity index (χ1v) is 9.26. The van der Waals surface area contributed by atoms with Crippen LogP contribution in [0.5, 0.6) is 0 Å². The maximum absolute atomic E-state index is 12.4. The van der Waals surface area contributed by atoms with Crippen LogP contribution in [0, 0.1) is 6.92 Å². The lowest BCUT2D eigenvalue weighted by molar-refractivity contribution is -0.130. The van der Waals surface area contributed by atoms with Crippen LogP contribution < -0.4 is 0 Å². The third-order valence-corrected chi connectivity index (χ3v) is 4.86. The van der Waals surface area contributed by atoms with Crippen molar-refractivity contribution in [3.05, 3.63) is 69.5 Å². The van der Waals surface area contributed by atoms with Gasteiger partial charge in [-0.1, -0.05) is 58.7 Å². The highest BCUT2D eigenvalue weighted by atomic mass is 35.5. The second-order valence-corrected chi connectivity index (χ2v) is 7.16. The molecular formula is C20H19Cl2N3O2. The molecule has 2 aromatic carbocycles. The maximum Gasteiger partial charge on any atom is 0.246 e. The third-order valence-electron chi connectivity index (χ3n) is 4.28. The van der Waals surface area contributed by atoms with E-state index in [1.54, 1.807) is 24.1 Å². The van der Waals surface area contributed by atoms with E-state index in [-0.39, 0.29) is 12.5 Å². The lowest BCUT2D eigenvalue weighted by Crippen LogP contribution is -2.26. The van der Waals surface area contributed by atoms with Crippen LogP contribution in [0.25, 0.3) is 11.4 Å². The van der Waals surface area contributed by atoms with Crippen molar-refractivity contribution in [1.82, 2.24) is 15.0 Å². The molecule has 1 aromatic heterocycles. The van der Waals surface area contributed by atoms with E-state index >= 15 is 0 Å². The van der Waals surface area contributed by atoms with Gasteiger partial charge >= 0.3 is 0 Å². The predicted octanol–water partition coefficient (Wildman–Crippen LogP) is 4.94. The molecule has 0 saturated carbocycles. The molecule has 1 heterocycles. The summed E-state index contributed by atoms with van der Waals surface area (Å²) in [6.07, 6.45) is 0.869. The molecule has 0 radical (unpaired) electrons. The number of amides is 1.